The Morgan fingerprint density at radius 1 is 1.00 bits per heavy atom. The summed E-state index contributed by atoms with van der Waals surface area (Å²) in [5.41, 5.74) is 1.34. The molecule has 26 heavy (non-hydrogen) atoms. The van der Waals surface area contributed by atoms with Crippen molar-refractivity contribution in [1.82, 2.24) is 25.2 Å². The Morgan fingerprint density at radius 3 is 2.54 bits per heavy atom. The summed E-state index contributed by atoms with van der Waals surface area (Å²) in [6.45, 7) is 2.16. The molecule has 2 N–H and O–H groups in total. The Hall–Kier alpha value is -2.74. The number of nitrogens with zero attached hydrogens (tertiary/aromatic N) is 4. The lowest BCUT2D eigenvalue weighted by Gasteiger charge is -2.34. The predicted molar refractivity (Wildman–Crippen MR) is 95.7 cm³/mol. The first-order valence-corrected chi connectivity index (χ1v) is 9.02. The minimum atomic E-state index is -0.635. The van der Waals surface area contributed by atoms with Crippen LogP contribution < -0.4 is 10.6 Å². The molecule has 0 aliphatic carbocycles. The third kappa shape index (κ3) is 3.60. The van der Waals surface area contributed by atoms with Crippen molar-refractivity contribution in [1.29, 1.82) is 0 Å². The lowest BCUT2D eigenvalue weighted by Crippen LogP contribution is -2.49. The Bertz CT molecular complexity index is 773. The third-order valence-electron chi connectivity index (χ3n) is 5.14. The van der Waals surface area contributed by atoms with E-state index in [0.29, 0.717) is 11.7 Å². The van der Waals surface area contributed by atoms with Gasteiger partial charge in [-0.25, -0.2) is 0 Å². The smallest absolute Gasteiger partial charge is 0.313 e. The number of anilines is 1. The van der Waals surface area contributed by atoms with Crippen molar-refractivity contribution >= 4 is 17.5 Å². The first-order chi connectivity index (χ1) is 12.7. The topological polar surface area (TPSA) is 92.1 Å². The Kier molecular flexibility index (Phi) is 4.66. The first kappa shape index (κ1) is 16.7. The van der Waals surface area contributed by atoms with E-state index in [2.05, 4.69) is 25.7 Å². The molecular weight excluding hydrogens is 332 g/mol. The van der Waals surface area contributed by atoms with Gasteiger partial charge >= 0.3 is 11.8 Å². The van der Waals surface area contributed by atoms with E-state index in [4.69, 9.17) is 0 Å². The highest BCUT2D eigenvalue weighted by atomic mass is 16.2. The van der Waals surface area contributed by atoms with Crippen LogP contribution in [-0.4, -0.2) is 56.9 Å². The van der Waals surface area contributed by atoms with Crippen LogP contribution in [0.3, 0.4) is 0 Å². The van der Waals surface area contributed by atoms with Gasteiger partial charge in [0, 0.05) is 24.3 Å². The number of aromatic nitrogens is 3. The molecule has 2 aromatic rings. The van der Waals surface area contributed by atoms with Gasteiger partial charge in [-0.05, 0) is 56.5 Å². The summed E-state index contributed by atoms with van der Waals surface area (Å²) in [7, 11) is 0. The van der Waals surface area contributed by atoms with Crippen molar-refractivity contribution in [3.05, 3.63) is 36.7 Å². The van der Waals surface area contributed by atoms with Crippen LogP contribution in [0.15, 0.2) is 36.7 Å². The number of nitrogens with one attached hydrogen (secondary N) is 2. The van der Waals surface area contributed by atoms with Crippen LogP contribution in [0.25, 0.3) is 5.69 Å². The van der Waals surface area contributed by atoms with Crippen LogP contribution in [0.2, 0.25) is 0 Å². The van der Waals surface area contributed by atoms with E-state index in [1.807, 2.05) is 0 Å². The van der Waals surface area contributed by atoms with Gasteiger partial charge in [0.15, 0.2) is 0 Å². The molecule has 3 heterocycles. The predicted octanol–water partition coefficient (Wildman–Crippen LogP) is 0.949. The molecule has 1 aromatic carbocycles. The second kappa shape index (κ2) is 7.25. The van der Waals surface area contributed by atoms with Gasteiger partial charge in [-0.1, -0.05) is 0 Å². The van der Waals surface area contributed by atoms with E-state index < -0.39 is 11.8 Å². The lowest BCUT2D eigenvalue weighted by atomic mass is 9.97. The zero-order valence-corrected chi connectivity index (χ0v) is 14.5. The Morgan fingerprint density at radius 2 is 1.77 bits per heavy atom. The van der Waals surface area contributed by atoms with E-state index >= 15 is 0 Å². The SMILES string of the molecule is O=C(Nc1ccc(-n2nccn2)cc1)C(=O)NC1CCN2CCCC2C1. The molecule has 2 fully saturated rings. The summed E-state index contributed by atoms with van der Waals surface area (Å²) in [5, 5.41) is 13.6. The molecule has 0 saturated carbocycles. The fourth-order valence-electron chi connectivity index (χ4n) is 3.82. The molecule has 0 radical (unpaired) electrons. The minimum absolute atomic E-state index is 0.0841. The van der Waals surface area contributed by atoms with Gasteiger partial charge in [0.05, 0.1) is 18.1 Å². The number of fused-ring (bicyclic) bond motifs is 1. The third-order valence-corrected chi connectivity index (χ3v) is 5.14. The van der Waals surface area contributed by atoms with Gasteiger partial charge in [0.1, 0.15) is 0 Å². The maximum absolute atomic E-state index is 12.2. The molecule has 2 amide bonds. The number of benzene rings is 1. The highest BCUT2D eigenvalue weighted by Gasteiger charge is 2.32. The monoisotopic (exact) mass is 354 g/mol. The summed E-state index contributed by atoms with van der Waals surface area (Å²) in [6, 6.07) is 7.65. The first-order valence-electron chi connectivity index (χ1n) is 9.02. The molecule has 2 aliphatic rings. The highest BCUT2D eigenvalue weighted by Crippen LogP contribution is 2.26. The Balaban J connectivity index is 1.30. The molecule has 2 unspecified atom stereocenters. The van der Waals surface area contributed by atoms with Crippen molar-refractivity contribution < 1.29 is 9.59 Å². The number of rotatable bonds is 3. The maximum atomic E-state index is 12.2. The normalized spacial score (nSPS) is 22.6. The molecule has 8 heteroatoms. The molecule has 136 valence electrons. The van der Waals surface area contributed by atoms with Gasteiger partial charge < -0.3 is 15.5 Å². The number of hydrogen-bond acceptors (Lipinski definition) is 5. The zero-order chi connectivity index (χ0) is 17.9. The van der Waals surface area contributed by atoms with Crippen LogP contribution >= 0.6 is 0 Å². The van der Waals surface area contributed by atoms with Crippen molar-refractivity contribution in [2.24, 2.45) is 0 Å². The van der Waals surface area contributed by atoms with Gasteiger partial charge in [-0.3, -0.25) is 9.59 Å². The van der Waals surface area contributed by atoms with Crippen LogP contribution in [0.5, 0.6) is 0 Å². The molecule has 0 bridgehead atoms. The van der Waals surface area contributed by atoms with Gasteiger partial charge in [-0.2, -0.15) is 15.0 Å². The van der Waals surface area contributed by atoms with Crippen molar-refractivity contribution in [2.75, 3.05) is 18.4 Å². The number of hydrogen-bond donors (Lipinski definition) is 2. The second-order valence-electron chi connectivity index (χ2n) is 6.85. The molecule has 2 aliphatic heterocycles. The standard InChI is InChI=1S/C18H22N6O2/c25-17(18(26)22-14-7-11-23-10-1-2-16(23)12-14)21-13-3-5-15(6-4-13)24-19-8-9-20-24/h3-6,8-9,14,16H,1-2,7,10-12H2,(H,21,25)(H,22,26). The van der Waals surface area contributed by atoms with Gasteiger partial charge in [0.25, 0.3) is 0 Å². The van der Waals surface area contributed by atoms with E-state index in [0.717, 1.165) is 31.6 Å². The second-order valence-corrected chi connectivity index (χ2v) is 6.85. The average molecular weight is 354 g/mol. The van der Waals surface area contributed by atoms with Crippen LogP contribution in [0.4, 0.5) is 5.69 Å². The summed E-state index contributed by atoms with van der Waals surface area (Å²) < 4.78 is 0. The highest BCUT2D eigenvalue weighted by molar-refractivity contribution is 6.39. The molecule has 8 nitrogen and oxygen atoms in total. The van der Waals surface area contributed by atoms with E-state index in [1.165, 1.54) is 17.6 Å². The van der Waals surface area contributed by atoms with Crippen molar-refractivity contribution in [2.45, 2.75) is 37.8 Å². The zero-order valence-electron chi connectivity index (χ0n) is 14.5. The summed E-state index contributed by atoms with van der Waals surface area (Å²) in [6.07, 6.45) is 7.45. The molecule has 1 aromatic heterocycles. The quantitative estimate of drug-likeness (QED) is 0.801. The van der Waals surface area contributed by atoms with Gasteiger partial charge in [-0.15, -0.1) is 0 Å². The number of amides is 2. The largest absolute Gasteiger partial charge is 0.345 e. The number of carbonyl (C=O) groups is 2. The lowest BCUT2D eigenvalue weighted by molar-refractivity contribution is -0.136. The van der Waals surface area contributed by atoms with Crippen LogP contribution in [0, 0.1) is 0 Å². The maximum Gasteiger partial charge on any atom is 0.313 e. The summed E-state index contributed by atoms with van der Waals surface area (Å²) >= 11 is 0. The summed E-state index contributed by atoms with van der Waals surface area (Å²) in [4.78, 5) is 28.3. The van der Waals surface area contributed by atoms with Crippen LogP contribution in [0.1, 0.15) is 25.7 Å². The van der Waals surface area contributed by atoms with E-state index in [9.17, 15) is 9.59 Å². The fraction of sp³-hybridized carbons (Fsp3) is 0.444. The van der Waals surface area contributed by atoms with E-state index in [-0.39, 0.29) is 6.04 Å². The van der Waals surface area contributed by atoms with Crippen molar-refractivity contribution in [3.8, 4) is 5.69 Å². The molecule has 2 atom stereocenters. The number of piperidine rings is 1. The number of carbonyl (C=O) groups excluding carboxylic acids is 2. The minimum Gasteiger partial charge on any atom is -0.345 e. The van der Waals surface area contributed by atoms with Crippen LogP contribution in [-0.2, 0) is 9.59 Å². The van der Waals surface area contributed by atoms with Crippen molar-refractivity contribution in [3.63, 3.8) is 0 Å². The molecule has 4 rings (SSSR count). The Labute approximate surface area is 151 Å². The molecule has 2 saturated heterocycles. The fourth-order valence-corrected chi connectivity index (χ4v) is 3.82. The average Bonchev–Trinajstić information content (AvgIpc) is 3.33. The van der Waals surface area contributed by atoms with Gasteiger partial charge in [0.2, 0.25) is 0 Å². The van der Waals surface area contributed by atoms with E-state index in [1.54, 1.807) is 36.7 Å². The molecular formula is C18H22N6O2. The molecule has 0 spiro atoms. The summed E-state index contributed by atoms with van der Waals surface area (Å²) in [5.74, 6) is -1.21.